The molecule has 0 saturated heterocycles. The van der Waals surface area contributed by atoms with Crippen molar-refractivity contribution >= 4 is 17.5 Å². The summed E-state index contributed by atoms with van der Waals surface area (Å²) >= 11 is 6.14. The Labute approximate surface area is 143 Å². The van der Waals surface area contributed by atoms with Crippen molar-refractivity contribution in [1.82, 2.24) is 20.0 Å². The fourth-order valence-corrected chi connectivity index (χ4v) is 3.14. The first kappa shape index (κ1) is 15.0. The zero-order valence-corrected chi connectivity index (χ0v) is 13.5. The minimum Gasteiger partial charge on any atom is -0.355 e. The molecule has 0 radical (unpaired) electrons. The van der Waals surface area contributed by atoms with Gasteiger partial charge in [-0.1, -0.05) is 28.9 Å². The van der Waals surface area contributed by atoms with Gasteiger partial charge >= 0.3 is 0 Å². The highest BCUT2D eigenvalue weighted by Gasteiger charge is 2.22. The predicted octanol–water partition coefficient (Wildman–Crippen LogP) is 2.94. The lowest BCUT2D eigenvalue weighted by Crippen LogP contribution is -2.41. The van der Waals surface area contributed by atoms with E-state index in [9.17, 15) is 4.79 Å². The number of hydrogen-bond donors (Lipinski definition) is 1. The third-order valence-electron chi connectivity index (χ3n) is 4.15. The number of imidazole rings is 1. The number of fused-ring (bicyclic) bond motifs is 1. The zero-order valence-electron chi connectivity index (χ0n) is 12.8. The van der Waals surface area contributed by atoms with Crippen molar-refractivity contribution in [3.63, 3.8) is 0 Å². The maximum absolute atomic E-state index is 12.4. The molecule has 3 aromatic rings. The molecule has 0 spiro atoms. The van der Waals surface area contributed by atoms with Gasteiger partial charge in [-0.15, -0.1) is 0 Å². The summed E-state index contributed by atoms with van der Waals surface area (Å²) in [6, 6.07) is 8.95. The van der Waals surface area contributed by atoms with Gasteiger partial charge in [0.05, 0.1) is 5.02 Å². The number of amides is 1. The number of nitrogens with one attached hydrogen (secondary N) is 1. The first-order chi connectivity index (χ1) is 11.7. The Morgan fingerprint density at radius 3 is 3.12 bits per heavy atom. The van der Waals surface area contributed by atoms with Gasteiger partial charge in [0.15, 0.2) is 11.5 Å². The molecule has 1 atom stereocenters. The molecule has 0 aliphatic carbocycles. The van der Waals surface area contributed by atoms with Gasteiger partial charge in [0, 0.05) is 43.0 Å². The first-order valence-corrected chi connectivity index (χ1v) is 8.11. The van der Waals surface area contributed by atoms with E-state index in [4.69, 9.17) is 16.1 Å². The van der Waals surface area contributed by atoms with E-state index in [0.29, 0.717) is 16.3 Å². The third kappa shape index (κ3) is 2.80. The number of hydrogen-bond acceptors (Lipinski definition) is 4. The molecule has 1 amide bonds. The molecule has 0 bridgehead atoms. The molecular weight excluding hydrogens is 328 g/mol. The van der Waals surface area contributed by atoms with Crippen LogP contribution in [0.25, 0.3) is 11.3 Å². The molecule has 1 aliphatic heterocycles. The summed E-state index contributed by atoms with van der Waals surface area (Å²) in [7, 11) is 0. The average Bonchev–Trinajstić information content (AvgIpc) is 3.24. The molecule has 2 aromatic heterocycles. The Hall–Kier alpha value is -2.60. The average molecular weight is 343 g/mol. The smallest absolute Gasteiger partial charge is 0.273 e. The highest BCUT2D eigenvalue weighted by molar-refractivity contribution is 6.33. The maximum atomic E-state index is 12.4. The van der Waals surface area contributed by atoms with E-state index in [0.717, 1.165) is 25.2 Å². The standard InChI is InChI=1S/C17H15ClN4O2/c18-13-4-2-1-3-12(13)15-9-14(21-24-15)17(23)20-11-5-6-16-19-7-8-22(16)10-11/h1-4,7-9,11H,5-6,10H2,(H,20,23)/t11-/m1/s1. The third-order valence-corrected chi connectivity index (χ3v) is 4.48. The van der Waals surface area contributed by atoms with Gasteiger partial charge in [-0.3, -0.25) is 4.79 Å². The van der Waals surface area contributed by atoms with Crippen molar-refractivity contribution in [3.8, 4) is 11.3 Å². The largest absolute Gasteiger partial charge is 0.355 e. The number of aryl methyl sites for hydroxylation is 1. The lowest BCUT2D eigenvalue weighted by Gasteiger charge is -2.24. The lowest BCUT2D eigenvalue weighted by atomic mass is 10.1. The fourth-order valence-electron chi connectivity index (χ4n) is 2.91. The minimum atomic E-state index is -0.245. The van der Waals surface area contributed by atoms with E-state index in [1.54, 1.807) is 18.3 Å². The quantitative estimate of drug-likeness (QED) is 0.794. The van der Waals surface area contributed by atoms with E-state index < -0.39 is 0 Å². The number of rotatable bonds is 3. The number of aromatic nitrogens is 3. The van der Waals surface area contributed by atoms with Gasteiger partial charge in [0.1, 0.15) is 5.82 Å². The Morgan fingerprint density at radius 1 is 1.38 bits per heavy atom. The van der Waals surface area contributed by atoms with Crippen LogP contribution in [0.4, 0.5) is 0 Å². The van der Waals surface area contributed by atoms with Crippen molar-refractivity contribution < 1.29 is 9.32 Å². The van der Waals surface area contributed by atoms with Gasteiger partial charge in [-0.25, -0.2) is 4.98 Å². The molecule has 1 aliphatic rings. The van der Waals surface area contributed by atoms with Gasteiger partial charge in [0.2, 0.25) is 0 Å². The Balaban J connectivity index is 1.47. The monoisotopic (exact) mass is 342 g/mol. The van der Waals surface area contributed by atoms with E-state index in [2.05, 4.69) is 20.0 Å². The summed E-state index contributed by atoms with van der Waals surface area (Å²) in [5, 5.41) is 7.43. The molecule has 122 valence electrons. The Kier molecular flexibility index (Phi) is 3.82. The summed E-state index contributed by atoms with van der Waals surface area (Å²) in [5.74, 6) is 1.29. The lowest BCUT2D eigenvalue weighted by molar-refractivity contribution is 0.0918. The molecule has 7 heteroatoms. The van der Waals surface area contributed by atoms with Crippen molar-refractivity contribution in [2.24, 2.45) is 0 Å². The summed E-state index contributed by atoms with van der Waals surface area (Å²) in [4.78, 5) is 16.7. The fraction of sp³-hybridized carbons (Fsp3) is 0.235. The van der Waals surface area contributed by atoms with Crippen molar-refractivity contribution in [3.05, 3.63) is 59.3 Å². The molecular formula is C17H15ClN4O2. The van der Waals surface area contributed by atoms with Gasteiger partial charge < -0.3 is 14.4 Å². The number of carbonyl (C=O) groups is 1. The molecule has 6 nitrogen and oxygen atoms in total. The van der Waals surface area contributed by atoms with Crippen molar-refractivity contribution in [2.75, 3.05) is 0 Å². The van der Waals surface area contributed by atoms with E-state index in [1.807, 2.05) is 24.4 Å². The normalized spacial score (nSPS) is 16.6. The molecule has 3 heterocycles. The summed E-state index contributed by atoms with van der Waals surface area (Å²) in [6.07, 6.45) is 5.42. The highest BCUT2D eigenvalue weighted by Crippen LogP contribution is 2.28. The van der Waals surface area contributed by atoms with Crippen LogP contribution in [-0.2, 0) is 13.0 Å². The molecule has 0 saturated carbocycles. The first-order valence-electron chi connectivity index (χ1n) is 7.73. The van der Waals surface area contributed by atoms with Crippen LogP contribution in [0.5, 0.6) is 0 Å². The summed E-state index contributed by atoms with van der Waals surface area (Å²) < 4.78 is 7.34. The molecule has 0 fully saturated rings. The molecule has 0 unspecified atom stereocenters. The van der Waals surface area contributed by atoms with Crippen LogP contribution in [0.2, 0.25) is 5.02 Å². The number of benzene rings is 1. The summed E-state index contributed by atoms with van der Waals surface area (Å²) in [6.45, 7) is 0.719. The molecule has 1 N–H and O–H groups in total. The Morgan fingerprint density at radius 2 is 2.25 bits per heavy atom. The van der Waals surface area contributed by atoms with E-state index >= 15 is 0 Å². The van der Waals surface area contributed by atoms with Gasteiger partial charge in [-0.05, 0) is 18.6 Å². The van der Waals surface area contributed by atoms with Crippen molar-refractivity contribution in [1.29, 1.82) is 0 Å². The van der Waals surface area contributed by atoms with Crippen molar-refractivity contribution in [2.45, 2.75) is 25.4 Å². The van der Waals surface area contributed by atoms with Crippen LogP contribution in [0.3, 0.4) is 0 Å². The van der Waals surface area contributed by atoms with Crippen LogP contribution < -0.4 is 5.32 Å². The minimum absolute atomic E-state index is 0.0552. The second-order valence-corrected chi connectivity index (χ2v) is 6.17. The summed E-state index contributed by atoms with van der Waals surface area (Å²) in [5.41, 5.74) is 0.966. The second kappa shape index (κ2) is 6.13. The van der Waals surface area contributed by atoms with E-state index in [1.165, 1.54) is 0 Å². The van der Waals surface area contributed by atoms with Crippen LogP contribution >= 0.6 is 11.6 Å². The van der Waals surface area contributed by atoms with E-state index in [-0.39, 0.29) is 17.6 Å². The van der Waals surface area contributed by atoms with Gasteiger partial charge in [0.25, 0.3) is 5.91 Å². The maximum Gasteiger partial charge on any atom is 0.273 e. The topological polar surface area (TPSA) is 73.0 Å². The SMILES string of the molecule is O=C(N[C@@H]1CCc2nccn2C1)c1cc(-c2ccccc2Cl)on1. The van der Waals surface area contributed by atoms with Crippen LogP contribution in [-0.4, -0.2) is 26.7 Å². The molecule has 1 aromatic carbocycles. The van der Waals surface area contributed by atoms with Crippen LogP contribution in [0.1, 0.15) is 22.7 Å². The van der Waals surface area contributed by atoms with Crippen LogP contribution in [0.15, 0.2) is 47.2 Å². The highest BCUT2D eigenvalue weighted by atomic mass is 35.5. The Bertz CT molecular complexity index is 886. The number of carbonyl (C=O) groups excluding carboxylic acids is 1. The van der Waals surface area contributed by atoms with Gasteiger partial charge in [-0.2, -0.15) is 0 Å². The second-order valence-electron chi connectivity index (χ2n) is 5.76. The number of nitrogens with zero attached hydrogens (tertiary/aromatic N) is 3. The molecule has 4 rings (SSSR count). The number of halogens is 1. The molecule has 24 heavy (non-hydrogen) atoms. The van der Waals surface area contributed by atoms with Crippen LogP contribution in [0, 0.1) is 0 Å². The zero-order chi connectivity index (χ0) is 16.5. The predicted molar refractivity (Wildman–Crippen MR) is 88.8 cm³/mol.